The minimum absolute atomic E-state index is 0. The van der Waals surface area contributed by atoms with E-state index in [0.717, 1.165) is 6.07 Å². The zero-order chi connectivity index (χ0) is 9.84. The van der Waals surface area contributed by atoms with Crippen LogP contribution in [0.15, 0.2) is 18.2 Å². The highest BCUT2D eigenvalue weighted by Crippen LogP contribution is 2.19. The zero-order valence-electron chi connectivity index (χ0n) is 7.21. The summed E-state index contributed by atoms with van der Waals surface area (Å²) in [4.78, 5) is 0. The molecule has 14 heavy (non-hydrogen) atoms. The van der Waals surface area contributed by atoms with Gasteiger partial charge in [-0.05, 0) is 6.07 Å². The molecule has 0 aliphatic carbocycles. The van der Waals surface area contributed by atoms with Gasteiger partial charge in [0.25, 0.3) is 0 Å². The lowest BCUT2D eigenvalue weighted by molar-refractivity contribution is 0.489. The Labute approximate surface area is 86.7 Å². The molecule has 0 aliphatic heterocycles. The van der Waals surface area contributed by atoms with Crippen LogP contribution in [0.25, 0.3) is 0 Å². The molecule has 0 amide bonds. The third-order valence-corrected chi connectivity index (χ3v) is 1.69. The van der Waals surface area contributed by atoms with Crippen molar-refractivity contribution in [3.63, 3.8) is 0 Å². The molecule has 0 fully saturated rings. The minimum Gasteiger partial charge on any atom is -0.323 e. The van der Waals surface area contributed by atoms with Crippen molar-refractivity contribution in [2.75, 3.05) is 0 Å². The second kappa shape index (κ2) is 5.53. The van der Waals surface area contributed by atoms with Gasteiger partial charge < -0.3 is 5.73 Å². The summed E-state index contributed by atoms with van der Waals surface area (Å²) in [5, 5.41) is 8.31. The van der Waals surface area contributed by atoms with Gasteiger partial charge in [0.1, 0.15) is 0 Å². The first-order valence-electron chi connectivity index (χ1n) is 3.73. The maximum absolute atomic E-state index is 13.0. The van der Waals surface area contributed by atoms with E-state index in [9.17, 15) is 8.78 Å². The Morgan fingerprint density at radius 3 is 2.64 bits per heavy atom. The molecular weight excluding hydrogens is 210 g/mol. The summed E-state index contributed by atoms with van der Waals surface area (Å²) in [6.07, 6.45) is -0.0274. The van der Waals surface area contributed by atoms with Gasteiger partial charge in [0.15, 0.2) is 11.6 Å². The third-order valence-electron chi connectivity index (χ3n) is 1.69. The second-order valence-corrected chi connectivity index (χ2v) is 2.61. The van der Waals surface area contributed by atoms with E-state index in [-0.39, 0.29) is 24.4 Å². The molecule has 5 heteroatoms. The second-order valence-electron chi connectivity index (χ2n) is 2.61. The highest BCUT2D eigenvalue weighted by molar-refractivity contribution is 5.85. The first kappa shape index (κ1) is 12.8. The van der Waals surface area contributed by atoms with Crippen molar-refractivity contribution in [1.82, 2.24) is 0 Å². The van der Waals surface area contributed by atoms with Crippen LogP contribution in [-0.4, -0.2) is 0 Å². The van der Waals surface area contributed by atoms with Crippen LogP contribution >= 0.6 is 12.4 Å². The van der Waals surface area contributed by atoms with E-state index in [1.807, 2.05) is 0 Å². The van der Waals surface area contributed by atoms with Crippen molar-refractivity contribution in [3.8, 4) is 6.07 Å². The van der Waals surface area contributed by atoms with Crippen molar-refractivity contribution in [2.45, 2.75) is 12.5 Å². The van der Waals surface area contributed by atoms with E-state index in [1.165, 1.54) is 12.1 Å². The van der Waals surface area contributed by atoms with Crippen LogP contribution in [0, 0.1) is 23.0 Å². The van der Waals surface area contributed by atoms with Crippen LogP contribution in [0.5, 0.6) is 0 Å². The highest BCUT2D eigenvalue weighted by atomic mass is 35.5. The van der Waals surface area contributed by atoms with Crippen LogP contribution < -0.4 is 5.73 Å². The molecule has 0 bridgehead atoms. The monoisotopic (exact) mass is 218 g/mol. The van der Waals surface area contributed by atoms with Gasteiger partial charge in [-0.2, -0.15) is 5.26 Å². The molecular formula is C9H9ClF2N2. The molecule has 1 rings (SSSR count). The lowest BCUT2D eigenvalue weighted by Gasteiger charge is -2.08. The number of nitriles is 1. The van der Waals surface area contributed by atoms with Crippen molar-refractivity contribution in [3.05, 3.63) is 35.4 Å². The highest BCUT2D eigenvalue weighted by Gasteiger charge is 2.13. The fourth-order valence-electron chi connectivity index (χ4n) is 1.02. The normalized spacial score (nSPS) is 11.3. The summed E-state index contributed by atoms with van der Waals surface area (Å²) in [6, 6.07) is 4.79. The van der Waals surface area contributed by atoms with Crippen LogP contribution in [-0.2, 0) is 0 Å². The number of hydrogen-bond donors (Lipinski definition) is 1. The van der Waals surface area contributed by atoms with Gasteiger partial charge in [0, 0.05) is 11.6 Å². The van der Waals surface area contributed by atoms with Crippen molar-refractivity contribution in [1.29, 1.82) is 5.26 Å². The molecule has 0 aliphatic rings. The molecule has 0 radical (unpaired) electrons. The van der Waals surface area contributed by atoms with Gasteiger partial charge in [0.2, 0.25) is 0 Å². The topological polar surface area (TPSA) is 49.8 Å². The van der Waals surface area contributed by atoms with Crippen LogP contribution in [0.3, 0.4) is 0 Å². The molecule has 1 atom stereocenters. The number of nitrogens with zero attached hydrogens (tertiary/aromatic N) is 1. The van der Waals surface area contributed by atoms with Crippen LogP contribution in [0.2, 0.25) is 0 Å². The molecule has 0 spiro atoms. The Kier molecular flexibility index (Phi) is 5.06. The lowest BCUT2D eigenvalue weighted by atomic mass is 10.0. The number of hydrogen-bond acceptors (Lipinski definition) is 2. The summed E-state index contributed by atoms with van der Waals surface area (Å²) in [7, 11) is 0. The van der Waals surface area contributed by atoms with Gasteiger partial charge in [-0.3, -0.25) is 0 Å². The quantitative estimate of drug-likeness (QED) is 0.828. The SMILES string of the molecule is Cl.N#CC[C@H](N)c1cccc(F)c1F. The fourth-order valence-corrected chi connectivity index (χ4v) is 1.02. The van der Waals surface area contributed by atoms with E-state index < -0.39 is 17.7 Å². The van der Waals surface area contributed by atoms with E-state index in [0.29, 0.717) is 0 Å². The first-order chi connectivity index (χ1) is 6.16. The molecule has 0 unspecified atom stereocenters. The van der Waals surface area contributed by atoms with Gasteiger partial charge in [-0.15, -0.1) is 12.4 Å². The first-order valence-corrected chi connectivity index (χ1v) is 3.73. The van der Waals surface area contributed by atoms with Gasteiger partial charge in [-0.1, -0.05) is 12.1 Å². The molecule has 1 aromatic rings. The Bertz CT molecular complexity index is 349. The van der Waals surface area contributed by atoms with Crippen molar-refractivity contribution in [2.24, 2.45) is 5.73 Å². The van der Waals surface area contributed by atoms with Gasteiger partial charge >= 0.3 is 0 Å². The van der Waals surface area contributed by atoms with Crippen LogP contribution in [0.1, 0.15) is 18.0 Å². The van der Waals surface area contributed by atoms with Gasteiger partial charge in [0.05, 0.1) is 12.5 Å². The lowest BCUT2D eigenvalue weighted by Crippen LogP contribution is -2.12. The molecule has 76 valence electrons. The Balaban J connectivity index is 0.00000169. The smallest absolute Gasteiger partial charge is 0.163 e. The van der Waals surface area contributed by atoms with E-state index >= 15 is 0 Å². The summed E-state index contributed by atoms with van der Waals surface area (Å²) in [5.41, 5.74) is 5.49. The summed E-state index contributed by atoms with van der Waals surface area (Å²) in [6.45, 7) is 0. The van der Waals surface area contributed by atoms with Crippen molar-refractivity contribution < 1.29 is 8.78 Å². The van der Waals surface area contributed by atoms with Crippen molar-refractivity contribution >= 4 is 12.4 Å². The predicted molar refractivity (Wildman–Crippen MR) is 50.8 cm³/mol. The largest absolute Gasteiger partial charge is 0.323 e. The number of rotatable bonds is 2. The Morgan fingerprint density at radius 1 is 1.43 bits per heavy atom. The minimum atomic E-state index is -0.967. The number of benzene rings is 1. The van der Waals surface area contributed by atoms with Crippen LogP contribution in [0.4, 0.5) is 8.78 Å². The fraction of sp³-hybridized carbons (Fsp3) is 0.222. The standard InChI is InChI=1S/C9H8F2N2.ClH/c10-7-3-1-2-6(9(7)11)8(13)4-5-12;/h1-3,8H,4,13H2;1H/t8-;/m0./s1. The van der Waals surface area contributed by atoms with Gasteiger partial charge in [-0.25, -0.2) is 8.78 Å². The summed E-state index contributed by atoms with van der Waals surface area (Å²) in [5.74, 6) is -1.91. The number of halogens is 3. The predicted octanol–water partition coefficient (Wildman–Crippen LogP) is 2.30. The zero-order valence-corrected chi connectivity index (χ0v) is 8.02. The molecule has 0 heterocycles. The van der Waals surface area contributed by atoms with E-state index in [1.54, 1.807) is 6.07 Å². The average Bonchev–Trinajstić information content (AvgIpc) is 2.10. The molecule has 0 saturated heterocycles. The van der Waals surface area contributed by atoms with E-state index in [2.05, 4.69) is 0 Å². The summed E-state index contributed by atoms with van der Waals surface area (Å²) < 4.78 is 25.7. The summed E-state index contributed by atoms with van der Waals surface area (Å²) >= 11 is 0. The maximum Gasteiger partial charge on any atom is 0.163 e. The number of nitrogens with two attached hydrogens (primary N) is 1. The van der Waals surface area contributed by atoms with E-state index in [4.69, 9.17) is 11.0 Å². The molecule has 2 nitrogen and oxygen atoms in total. The molecule has 1 aromatic carbocycles. The molecule has 2 N–H and O–H groups in total. The molecule has 0 saturated carbocycles. The Morgan fingerprint density at radius 2 is 2.07 bits per heavy atom. The maximum atomic E-state index is 13.0. The molecule has 0 aromatic heterocycles. The average molecular weight is 219 g/mol. The third kappa shape index (κ3) is 2.66. The Hall–Kier alpha value is -1.18.